The molecule has 14 heteroatoms. The molecule has 2 aromatic rings. The number of carbonyl (C=O) groups is 2. The quantitative estimate of drug-likeness (QED) is 0.417. The van der Waals surface area contributed by atoms with Crippen molar-refractivity contribution >= 4 is 39.3 Å². The fourth-order valence-corrected chi connectivity index (χ4v) is 8.84. The molecular formula is C36H44ClN3O9S. The molecule has 1 saturated carbocycles. The summed E-state index contributed by atoms with van der Waals surface area (Å²) in [4.78, 5) is 28.6. The normalized spacial score (nSPS) is 29.8. The Bertz CT molecular complexity index is 1760. The Kier molecular flexibility index (Phi) is 9.70. The Labute approximate surface area is 297 Å². The zero-order valence-electron chi connectivity index (χ0n) is 28.3. The zero-order valence-corrected chi connectivity index (χ0v) is 29.9. The number of alkyl carbamates (subject to hydrolysis) is 1. The molecule has 2 N–H and O–H groups in total. The van der Waals surface area contributed by atoms with Gasteiger partial charge < -0.3 is 33.9 Å². The molecule has 2 bridgehead atoms. The molecule has 0 aromatic heterocycles. The van der Waals surface area contributed by atoms with E-state index in [2.05, 4.69) is 14.9 Å². The third-order valence-electron chi connectivity index (χ3n) is 10.7. The number of hydrogen-bond acceptors (Lipinski definition) is 10. The second-order valence-corrected chi connectivity index (χ2v) is 16.5. The van der Waals surface area contributed by atoms with Crippen molar-refractivity contribution in [3.63, 3.8) is 0 Å². The van der Waals surface area contributed by atoms with Crippen LogP contribution in [0.4, 0.5) is 10.5 Å². The van der Waals surface area contributed by atoms with E-state index < -0.39 is 39.1 Å². The van der Waals surface area contributed by atoms with Crippen LogP contribution in [0.1, 0.15) is 51.5 Å². The lowest BCUT2D eigenvalue weighted by atomic mass is 9.69. The van der Waals surface area contributed by atoms with Crippen LogP contribution in [0.25, 0.3) is 0 Å². The highest BCUT2D eigenvalue weighted by atomic mass is 35.5. The predicted molar refractivity (Wildman–Crippen MR) is 185 cm³/mol. The number of hydrogen-bond donors (Lipinski definition) is 2. The maximum Gasteiger partial charge on any atom is 0.407 e. The molecule has 1 aliphatic carbocycles. The monoisotopic (exact) mass is 729 g/mol. The summed E-state index contributed by atoms with van der Waals surface area (Å²) >= 11 is 6.36. The molecule has 5 aliphatic rings. The fraction of sp³-hybridized carbons (Fsp3) is 0.556. The Morgan fingerprint density at radius 2 is 1.86 bits per heavy atom. The second-order valence-electron chi connectivity index (χ2n) is 14.4. The molecule has 4 aliphatic heterocycles. The van der Waals surface area contributed by atoms with Crippen molar-refractivity contribution < 1.29 is 41.7 Å². The van der Waals surface area contributed by atoms with Crippen LogP contribution in [0.2, 0.25) is 5.02 Å². The fourth-order valence-electron chi connectivity index (χ4n) is 7.56. The molecule has 2 fully saturated rings. The molecular weight excluding hydrogens is 686 g/mol. The van der Waals surface area contributed by atoms with E-state index in [0.717, 1.165) is 31.2 Å². The summed E-state index contributed by atoms with van der Waals surface area (Å²) in [5, 5.41) is 3.58. The van der Waals surface area contributed by atoms with Crippen LogP contribution in [0.15, 0.2) is 53.4 Å². The Balaban J connectivity index is 1.25. The minimum absolute atomic E-state index is 0.00725. The summed E-state index contributed by atoms with van der Waals surface area (Å²) in [5.74, 6) is 0.545. The second kappa shape index (κ2) is 13.9. The minimum atomic E-state index is -4.26. The summed E-state index contributed by atoms with van der Waals surface area (Å²) in [6.07, 6.45) is 6.40. The number of nitrogens with zero attached hydrogens (tertiary/aromatic N) is 1. The molecule has 1 saturated heterocycles. The first kappa shape index (κ1) is 34.9. The van der Waals surface area contributed by atoms with Crippen molar-refractivity contribution in [2.45, 2.75) is 74.0 Å². The highest BCUT2D eigenvalue weighted by Gasteiger charge is 2.46. The number of ether oxygens (including phenoxy) is 5. The minimum Gasteiger partial charge on any atom is -0.493 e. The molecule has 2 aromatic carbocycles. The number of amides is 2. The van der Waals surface area contributed by atoms with Gasteiger partial charge in [-0.2, -0.15) is 0 Å². The van der Waals surface area contributed by atoms with Crippen molar-refractivity contribution in [3.8, 4) is 11.5 Å². The summed E-state index contributed by atoms with van der Waals surface area (Å²) < 4.78 is 59.4. The van der Waals surface area contributed by atoms with Gasteiger partial charge in [0.05, 0.1) is 35.8 Å². The average molecular weight is 730 g/mol. The van der Waals surface area contributed by atoms with Gasteiger partial charge >= 0.3 is 6.09 Å². The van der Waals surface area contributed by atoms with E-state index in [4.69, 9.17) is 35.3 Å². The van der Waals surface area contributed by atoms with E-state index in [1.807, 2.05) is 24.3 Å². The van der Waals surface area contributed by atoms with Crippen LogP contribution < -0.4 is 24.4 Å². The molecule has 2 amide bonds. The van der Waals surface area contributed by atoms with Crippen LogP contribution >= 0.6 is 11.6 Å². The standard InChI is InChI=1S/C36H44ClN3O9S/c1-35(2)33(41)39-50(43,44)26-7-10-31-29(19-26)40(21-36(22-47-31)13-17-46-32-18-24(37)6-9-28(32)36)20-23-5-8-27(23)30(4-3-14-48-35)49-34(42)38-25-11-15-45-16-12-25/h3-4,6-7,9-10,18-19,23,25,27,30H,5,8,11-17,20-22H2,1-2H3,(H,38,42)(H,39,41)/b4-3-/t23-,27+,30-,36-/m0/s1. The SMILES string of the molecule is CC1(C)OC/C=C\[C@H](OC(=O)NC2CCOCC2)[C@@H]2CC[C@H]2CN2C[C@@]3(CCOc4cc(Cl)ccc43)COc3ccc(cc32)S(=O)(=O)NC1=O. The number of sulfonamides is 1. The van der Waals surface area contributed by atoms with Crippen LogP contribution in [-0.2, 0) is 34.4 Å². The highest BCUT2D eigenvalue weighted by Crippen LogP contribution is 2.47. The van der Waals surface area contributed by atoms with Crippen molar-refractivity contribution in [1.29, 1.82) is 0 Å². The van der Waals surface area contributed by atoms with Crippen LogP contribution in [0.3, 0.4) is 0 Å². The van der Waals surface area contributed by atoms with Gasteiger partial charge in [0.15, 0.2) is 0 Å². The van der Waals surface area contributed by atoms with Gasteiger partial charge in [-0.3, -0.25) is 4.79 Å². The van der Waals surface area contributed by atoms with E-state index >= 15 is 0 Å². The average Bonchev–Trinajstić information content (AvgIpc) is 3.21. The number of fused-ring (bicyclic) bond motifs is 4. The van der Waals surface area contributed by atoms with Crippen molar-refractivity contribution in [3.05, 3.63) is 59.1 Å². The van der Waals surface area contributed by atoms with Crippen LogP contribution in [0.5, 0.6) is 11.5 Å². The van der Waals surface area contributed by atoms with Crippen molar-refractivity contribution in [1.82, 2.24) is 10.0 Å². The third-order valence-corrected chi connectivity index (χ3v) is 12.3. The lowest BCUT2D eigenvalue weighted by Gasteiger charge is -2.45. The largest absolute Gasteiger partial charge is 0.493 e. The number of anilines is 1. The smallest absolute Gasteiger partial charge is 0.407 e. The Hall–Kier alpha value is -3.52. The van der Waals surface area contributed by atoms with E-state index in [1.54, 1.807) is 18.2 Å². The zero-order chi connectivity index (χ0) is 35.1. The maximum absolute atomic E-state index is 13.6. The molecule has 12 nitrogen and oxygen atoms in total. The number of carbonyl (C=O) groups excluding carboxylic acids is 2. The molecule has 1 spiro atoms. The molecule has 4 atom stereocenters. The first-order valence-corrected chi connectivity index (χ1v) is 19.2. The number of nitrogens with one attached hydrogen (secondary N) is 2. The van der Waals surface area contributed by atoms with E-state index in [0.29, 0.717) is 68.1 Å². The van der Waals surface area contributed by atoms with Gasteiger partial charge in [0.25, 0.3) is 15.9 Å². The first-order chi connectivity index (χ1) is 23.9. The molecule has 4 heterocycles. The van der Waals surface area contributed by atoms with Gasteiger partial charge in [0.1, 0.15) is 23.2 Å². The maximum atomic E-state index is 13.6. The molecule has 270 valence electrons. The molecule has 7 rings (SSSR count). The Morgan fingerprint density at radius 1 is 1.04 bits per heavy atom. The van der Waals surface area contributed by atoms with Crippen LogP contribution in [0, 0.1) is 11.8 Å². The summed E-state index contributed by atoms with van der Waals surface area (Å²) in [6.45, 7) is 6.11. The van der Waals surface area contributed by atoms with Crippen molar-refractivity contribution in [2.75, 3.05) is 51.0 Å². The number of rotatable bonds is 2. The van der Waals surface area contributed by atoms with E-state index in [-0.39, 0.29) is 29.4 Å². The molecule has 50 heavy (non-hydrogen) atoms. The Morgan fingerprint density at radius 3 is 2.64 bits per heavy atom. The van der Waals surface area contributed by atoms with E-state index in [9.17, 15) is 18.0 Å². The highest BCUT2D eigenvalue weighted by molar-refractivity contribution is 7.90. The topological polar surface area (TPSA) is 142 Å². The van der Waals surface area contributed by atoms with Gasteiger partial charge in [-0.25, -0.2) is 17.9 Å². The van der Waals surface area contributed by atoms with Gasteiger partial charge in [0, 0.05) is 48.8 Å². The third kappa shape index (κ3) is 7.15. The lowest BCUT2D eigenvalue weighted by Crippen LogP contribution is -2.51. The molecule has 0 unspecified atom stereocenters. The predicted octanol–water partition coefficient (Wildman–Crippen LogP) is 4.73. The first-order valence-electron chi connectivity index (χ1n) is 17.3. The summed E-state index contributed by atoms with van der Waals surface area (Å²) in [6, 6.07) is 10.3. The molecule has 0 radical (unpaired) electrons. The number of benzene rings is 2. The summed E-state index contributed by atoms with van der Waals surface area (Å²) in [5.41, 5.74) is -0.366. The van der Waals surface area contributed by atoms with E-state index in [1.165, 1.54) is 19.9 Å². The number of halogens is 1. The van der Waals surface area contributed by atoms with Gasteiger partial charge in [-0.05, 0) is 88.3 Å². The van der Waals surface area contributed by atoms with Gasteiger partial charge in [-0.1, -0.05) is 23.7 Å². The lowest BCUT2D eigenvalue weighted by molar-refractivity contribution is -0.139. The summed E-state index contributed by atoms with van der Waals surface area (Å²) in [7, 11) is -4.26. The van der Waals surface area contributed by atoms with Crippen molar-refractivity contribution in [2.24, 2.45) is 11.8 Å². The van der Waals surface area contributed by atoms with Gasteiger partial charge in [-0.15, -0.1) is 0 Å². The van der Waals surface area contributed by atoms with Gasteiger partial charge in [0.2, 0.25) is 0 Å². The van der Waals surface area contributed by atoms with Crippen LogP contribution in [-0.4, -0.2) is 84.3 Å².